The van der Waals surface area contributed by atoms with E-state index in [0.717, 1.165) is 38.0 Å². The number of hydrogen-bond donors (Lipinski definition) is 2. The van der Waals surface area contributed by atoms with Gasteiger partial charge in [-0.2, -0.15) is 0 Å². The Morgan fingerprint density at radius 3 is 3.00 bits per heavy atom. The van der Waals surface area contributed by atoms with Crippen molar-refractivity contribution in [2.45, 2.75) is 25.3 Å². The number of rotatable bonds is 3. The van der Waals surface area contributed by atoms with Gasteiger partial charge in [0.1, 0.15) is 12.7 Å². The smallest absolute Gasteiger partial charge is 0.253 e. The van der Waals surface area contributed by atoms with Crippen LogP contribution in [-0.2, 0) is 0 Å². The molecule has 0 bridgehead atoms. The molecule has 2 aromatic rings. The monoisotopic (exact) mass is 341 g/mol. The second kappa shape index (κ2) is 6.57. The minimum Gasteiger partial charge on any atom is -0.396 e. The first-order valence-electron chi connectivity index (χ1n) is 8.80. The van der Waals surface area contributed by atoms with Gasteiger partial charge in [0, 0.05) is 35.8 Å². The highest BCUT2D eigenvalue weighted by Gasteiger charge is 2.45. The van der Waals surface area contributed by atoms with E-state index in [1.807, 2.05) is 29.2 Å². The van der Waals surface area contributed by atoms with E-state index in [1.165, 1.54) is 0 Å². The van der Waals surface area contributed by atoms with Gasteiger partial charge in [0.2, 0.25) is 0 Å². The third-order valence-electron chi connectivity index (χ3n) is 5.59. The lowest BCUT2D eigenvalue weighted by molar-refractivity contribution is -0.0137. The van der Waals surface area contributed by atoms with Crippen molar-refractivity contribution < 1.29 is 9.90 Å². The number of aliphatic hydroxyl groups excluding tert-OH is 1. The summed E-state index contributed by atoms with van der Waals surface area (Å²) in [5, 5.41) is 21.2. The molecule has 25 heavy (non-hydrogen) atoms. The molecule has 0 spiro atoms. The molecule has 2 fully saturated rings. The van der Waals surface area contributed by atoms with Crippen molar-refractivity contribution in [1.29, 1.82) is 0 Å². The van der Waals surface area contributed by atoms with Crippen LogP contribution in [0.15, 0.2) is 36.9 Å². The minimum absolute atomic E-state index is 0.0202. The lowest BCUT2D eigenvalue weighted by atomic mass is 9.70. The minimum atomic E-state index is -0.210. The van der Waals surface area contributed by atoms with E-state index in [4.69, 9.17) is 0 Å². The van der Waals surface area contributed by atoms with Gasteiger partial charge in [-0.15, -0.1) is 10.2 Å². The summed E-state index contributed by atoms with van der Waals surface area (Å²) in [6.45, 7) is 2.45. The van der Waals surface area contributed by atoms with Crippen molar-refractivity contribution in [3.05, 3.63) is 42.5 Å². The fourth-order valence-corrected chi connectivity index (χ4v) is 4.18. The van der Waals surface area contributed by atoms with Crippen molar-refractivity contribution in [2.75, 3.05) is 26.2 Å². The van der Waals surface area contributed by atoms with Gasteiger partial charge in [0.25, 0.3) is 5.91 Å². The number of nitrogens with zero attached hydrogens (tertiary/aromatic N) is 4. The maximum atomic E-state index is 13.0. The number of aliphatic hydroxyl groups is 1. The van der Waals surface area contributed by atoms with Crippen molar-refractivity contribution in [3.8, 4) is 5.69 Å². The van der Waals surface area contributed by atoms with Gasteiger partial charge in [-0.05, 0) is 44.0 Å². The van der Waals surface area contributed by atoms with Crippen molar-refractivity contribution in [3.63, 3.8) is 0 Å². The quantitative estimate of drug-likeness (QED) is 0.865. The molecular formula is C18H23N5O2. The Morgan fingerprint density at radius 1 is 1.36 bits per heavy atom. The van der Waals surface area contributed by atoms with Crippen LogP contribution in [0, 0.1) is 5.41 Å². The van der Waals surface area contributed by atoms with E-state index in [2.05, 4.69) is 15.5 Å². The molecule has 1 aromatic carbocycles. The molecule has 1 aromatic heterocycles. The van der Waals surface area contributed by atoms with E-state index in [0.29, 0.717) is 18.2 Å². The Balaban J connectivity index is 1.56. The van der Waals surface area contributed by atoms with Gasteiger partial charge < -0.3 is 15.3 Å². The van der Waals surface area contributed by atoms with Gasteiger partial charge in [0.15, 0.2) is 0 Å². The standard InChI is InChI=1S/C18H23N5O2/c24-11-18-6-2-7-19-16(18)5-8-22(10-18)17(25)14-3-1-4-15(9-14)23-12-20-21-13-23/h1,3-4,9,12-13,16,19,24H,2,5-8,10-11H2. The first-order valence-corrected chi connectivity index (χ1v) is 8.80. The van der Waals surface area contributed by atoms with Crippen molar-refractivity contribution in [2.24, 2.45) is 5.41 Å². The van der Waals surface area contributed by atoms with E-state index >= 15 is 0 Å². The topological polar surface area (TPSA) is 83.3 Å². The summed E-state index contributed by atoms with van der Waals surface area (Å²) in [6.07, 6.45) is 6.12. The lowest BCUT2D eigenvalue weighted by Gasteiger charge is -2.50. The third-order valence-corrected chi connectivity index (χ3v) is 5.59. The molecule has 2 aliphatic heterocycles. The fraction of sp³-hybridized carbons (Fsp3) is 0.500. The van der Waals surface area contributed by atoms with E-state index in [9.17, 15) is 9.90 Å². The fourth-order valence-electron chi connectivity index (χ4n) is 4.18. The predicted octanol–water partition coefficient (Wildman–Crippen LogP) is 0.844. The number of hydrogen-bond acceptors (Lipinski definition) is 5. The zero-order valence-corrected chi connectivity index (χ0v) is 14.1. The molecule has 0 aliphatic carbocycles. The van der Waals surface area contributed by atoms with Crippen LogP contribution in [0.5, 0.6) is 0 Å². The van der Waals surface area contributed by atoms with Gasteiger partial charge in [-0.1, -0.05) is 6.07 Å². The van der Waals surface area contributed by atoms with Gasteiger partial charge >= 0.3 is 0 Å². The molecule has 2 atom stereocenters. The van der Waals surface area contributed by atoms with Crippen LogP contribution in [-0.4, -0.2) is 63.0 Å². The average Bonchev–Trinajstić information content (AvgIpc) is 3.22. The Bertz CT molecular complexity index is 748. The maximum Gasteiger partial charge on any atom is 0.253 e. The summed E-state index contributed by atoms with van der Waals surface area (Å²) in [6, 6.07) is 7.81. The molecule has 7 nitrogen and oxygen atoms in total. The van der Waals surface area contributed by atoms with Crippen molar-refractivity contribution >= 4 is 5.91 Å². The third kappa shape index (κ3) is 2.94. The van der Waals surface area contributed by atoms with E-state index in [1.54, 1.807) is 17.2 Å². The Hall–Kier alpha value is -2.25. The van der Waals surface area contributed by atoms with Crippen molar-refractivity contribution in [1.82, 2.24) is 25.0 Å². The number of fused-ring (bicyclic) bond motifs is 1. The van der Waals surface area contributed by atoms with Crippen LogP contribution < -0.4 is 5.32 Å². The second-order valence-corrected chi connectivity index (χ2v) is 7.07. The number of aromatic nitrogens is 3. The molecule has 2 N–H and O–H groups in total. The molecule has 1 amide bonds. The number of carbonyl (C=O) groups excluding carboxylic acids is 1. The first-order chi connectivity index (χ1) is 12.2. The molecule has 132 valence electrons. The molecule has 2 aliphatic rings. The second-order valence-electron chi connectivity index (χ2n) is 7.07. The summed E-state index contributed by atoms with van der Waals surface area (Å²) in [5.74, 6) is 0.0202. The van der Waals surface area contributed by atoms with E-state index in [-0.39, 0.29) is 17.9 Å². The lowest BCUT2D eigenvalue weighted by Crippen LogP contribution is -2.62. The van der Waals surface area contributed by atoms with Gasteiger partial charge in [-0.25, -0.2) is 0 Å². The summed E-state index contributed by atoms with van der Waals surface area (Å²) in [5.41, 5.74) is 1.31. The highest BCUT2D eigenvalue weighted by atomic mass is 16.3. The predicted molar refractivity (Wildman–Crippen MR) is 92.4 cm³/mol. The summed E-state index contributed by atoms with van der Waals surface area (Å²) in [7, 11) is 0. The molecule has 0 radical (unpaired) electrons. The Kier molecular flexibility index (Phi) is 4.27. The molecule has 2 saturated heterocycles. The maximum absolute atomic E-state index is 13.0. The highest BCUT2D eigenvalue weighted by molar-refractivity contribution is 5.94. The Morgan fingerprint density at radius 2 is 2.20 bits per heavy atom. The zero-order valence-electron chi connectivity index (χ0n) is 14.1. The van der Waals surface area contributed by atoms with E-state index < -0.39 is 0 Å². The number of carbonyl (C=O) groups is 1. The molecule has 0 saturated carbocycles. The normalized spacial score (nSPS) is 26.3. The molecule has 3 heterocycles. The number of likely N-dealkylation sites (tertiary alicyclic amines) is 1. The Labute approximate surface area is 146 Å². The summed E-state index contributed by atoms with van der Waals surface area (Å²) in [4.78, 5) is 14.9. The first kappa shape index (κ1) is 16.2. The SMILES string of the molecule is O=C(c1cccc(-n2cnnc2)c1)N1CCC2NCCCC2(CO)C1. The van der Waals surface area contributed by atoms with Gasteiger partial charge in [0.05, 0.1) is 6.61 Å². The van der Waals surface area contributed by atoms with Crippen LogP contribution in [0.2, 0.25) is 0 Å². The number of nitrogens with one attached hydrogen (secondary N) is 1. The summed E-state index contributed by atoms with van der Waals surface area (Å²) >= 11 is 0. The number of benzene rings is 1. The van der Waals surface area contributed by atoms with Crippen LogP contribution in [0.4, 0.5) is 0 Å². The number of piperidine rings is 2. The molecular weight excluding hydrogens is 318 g/mol. The molecule has 4 rings (SSSR count). The summed E-state index contributed by atoms with van der Waals surface area (Å²) < 4.78 is 1.78. The zero-order chi connectivity index (χ0) is 17.3. The average molecular weight is 341 g/mol. The molecule has 7 heteroatoms. The largest absolute Gasteiger partial charge is 0.396 e. The van der Waals surface area contributed by atoms with Crippen LogP contribution in [0.25, 0.3) is 5.69 Å². The van der Waals surface area contributed by atoms with Crippen LogP contribution >= 0.6 is 0 Å². The molecule has 2 unspecified atom stereocenters. The van der Waals surface area contributed by atoms with Crippen LogP contribution in [0.1, 0.15) is 29.6 Å². The van der Waals surface area contributed by atoms with Crippen LogP contribution in [0.3, 0.4) is 0 Å². The number of amides is 1. The van der Waals surface area contributed by atoms with Gasteiger partial charge in [-0.3, -0.25) is 9.36 Å². The highest BCUT2D eigenvalue weighted by Crippen LogP contribution is 2.37.